The van der Waals surface area contributed by atoms with Crippen LogP contribution >= 0.6 is 0 Å². The van der Waals surface area contributed by atoms with Gasteiger partial charge in [-0.3, -0.25) is 0 Å². The van der Waals surface area contributed by atoms with Crippen molar-refractivity contribution in [2.75, 3.05) is 6.61 Å². The molecule has 1 rings (SSSR count). The number of nitrogens with two attached hydrogens (primary N) is 1. The first-order valence-electron chi connectivity index (χ1n) is 6.74. The van der Waals surface area contributed by atoms with Gasteiger partial charge in [0.15, 0.2) is 0 Å². The first-order chi connectivity index (χ1) is 8.22. The van der Waals surface area contributed by atoms with Crippen molar-refractivity contribution in [1.29, 1.82) is 0 Å². The van der Waals surface area contributed by atoms with Crippen LogP contribution in [0.4, 0.5) is 0 Å². The highest BCUT2D eigenvalue weighted by Gasteiger charge is 2.10. The number of aryl methyl sites for hydroxylation is 1. The molecule has 0 saturated heterocycles. The molecule has 2 N–H and O–H groups in total. The second-order valence-corrected chi connectivity index (χ2v) is 4.46. The molecule has 1 unspecified atom stereocenters. The van der Waals surface area contributed by atoms with E-state index in [0.29, 0.717) is 0 Å². The largest absolute Gasteiger partial charge is 0.494 e. The molecule has 1 aromatic carbocycles. The highest BCUT2D eigenvalue weighted by atomic mass is 16.5. The van der Waals surface area contributed by atoms with E-state index in [2.05, 4.69) is 32.9 Å². The Labute approximate surface area is 105 Å². The highest BCUT2D eigenvalue weighted by molar-refractivity contribution is 5.37. The monoisotopic (exact) mass is 235 g/mol. The van der Waals surface area contributed by atoms with Gasteiger partial charge in [0.25, 0.3) is 0 Å². The smallest absolute Gasteiger partial charge is 0.119 e. The Hall–Kier alpha value is -1.02. The van der Waals surface area contributed by atoms with Crippen molar-refractivity contribution >= 4 is 0 Å². The summed E-state index contributed by atoms with van der Waals surface area (Å²) in [4.78, 5) is 0. The van der Waals surface area contributed by atoms with E-state index in [4.69, 9.17) is 10.5 Å². The maximum absolute atomic E-state index is 6.19. The van der Waals surface area contributed by atoms with E-state index in [0.717, 1.165) is 38.0 Å². The van der Waals surface area contributed by atoms with Gasteiger partial charge in [0.2, 0.25) is 0 Å². The zero-order valence-electron chi connectivity index (χ0n) is 11.3. The fraction of sp³-hybridized carbons (Fsp3) is 0.600. The van der Waals surface area contributed by atoms with Crippen molar-refractivity contribution < 1.29 is 4.74 Å². The first kappa shape index (κ1) is 14.0. The molecule has 0 saturated carbocycles. The third-order valence-corrected chi connectivity index (χ3v) is 2.97. The summed E-state index contributed by atoms with van der Waals surface area (Å²) >= 11 is 0. The van der Waals surface area contributed by atoms with Crippen LogP contribution in [-0.4, -0.2) is 6.61 Å². The minimum Gasteiger partial charge on any atom is -0.494 e. The molecule has 0 amide bonds. The van der Waals surface area contributed by atoms with Crippen molar-refractivity contribution in [3.63, 3.8) is 0 Å². The van der Waals surface area contributed by atoms with Crippen LogP contribution in [0.3, 0.4) is 0 Å². The maximum Gasteiger partial charge on any atom is 0.119 e. The van der Waals surface area contributed by atoms with Gasteiger partial charge in [0.1, 0.15) is 5.75 Å². The summed E-state index contributed by atoms with van der Waals surface area (Å²) in [5, 5.41) is 0. The number of rotatable bonds is 7. The van der Waals surface area contributed by atoms with Gasteiger partial charge in [0, 0.05) is 6.04 Å². The van der Waals surface area contributed by atoms with E-state index in [9.17, 15) is 0 Å². The summed E-state index contributed by atoms with van der Waals surface area (Å²) in [7, 11) is 0. The van der Waals surface area contributed by atoms with Crippen LogP contribution in [0.25, 0.3) is 0 Å². The molecule has 17 heavy (non-hydrogen) atoms. The van der Waals surface area contributed by atoms with Gasteiger partial charge in [0.05, 0.1) is 6.61 Å². The SMILES string of the molecule is CCCOc1ccc(C(N)CCC)c(CC)c1. The molecule has 2 heteroatoms. The van der Waals surface area contributed by atoms with Gasteiger partial charge in [-0.1, -0.05) is 33.3 Å². The summed E-state index contributed by atoms with van der Waals surface area (Å²) in [5.41, 5.74) is 8.79. The molecule has 0 aliphatic heterocycles. The van der Waals surface area contributed by atoms with Crippen molar-refractivity contribution in [1.82, 2.24) is 0 Å². The van der Waals surface area contributed by atoms with Crippen LogP contribution < -0.4 is 10.5 Å². The molecule has 0 fully saturated rings. The van der Waals surface area contributed by atoms with Crippen molar-refractivity contribution in [3.8, 4) is 5.75 Å². The summed E-state index contributed by atoms with van der Waals surface area (Å²) in [6, 6.07) is 6.47. The van der Waals surface area contributed by atoms with Crippen LogP contribution in [0.15, 0.2) is 18.2 Å². The van der Waals surface area contributed by atoms with E-state index in [1.54, 1.807) is 0 Å². The third-order valence-electron chi connectivity index (χ3n) is 2.97. The third kappa shape index (κ3) is 4.04. The Bertz CT molecular complexity index is 336. The predicted octanol–water partition coefficient (Wildman–Crippen LogP) is 3.84. The Kier molecular flexibility index (Phi) is 6.06. The summed E-state index contributed by atoms with van der Waals surface area (Å²) in [5.74, 6) is 0.969. The molecule has 0 aliphatic rings. The van der Waals surface area contributed by atoms with E-state index in [1.807, 2.05) is 6.07 Å². The maximum atomic E-state index is 6.19. The molecular weight excluding hydrogens is 210 g/mol. The average Bonchev–Trinajstić information content (AvgIpc) is 2.36. The van der Waals surface area contributed by atoms with Crippen LogP contribution in [-0.2, 0) is 6.42 Å². The lowest BCUT2D eigenvalue weighted by molar-refractivity contribution is 0.317. The van der Waals surface area contributed by atoms with Gasteiger partial charge in [-0.05, 0) is 42.5 Å². The second-order valence-electron chi connectivity index (χ2n) is 4.46. The number of hydrogen-bond donors (Lipinski definition) is 1. The van der Waals surface area contributed by atoms with Crippen LogP contribution in [0.5, 0.6) is 5.75 Å². The van der Waals surface area contributed by atoms with Crippen LogP contribution in [0, 0.1) is 0 Å². The summed E-state index contributed by atoms with van der Waals surface area (Å²) < 4.78 is 5.65. The Balaban J connectivity index is 2.84. The van der Waals surface area contributed by atoms with E-state index < -0.39 is 0 Å². The molecule has 0 spiro atoms. The van der Waals surface area contributed by atoms with Crippen molar-refractivity contribution in [3.05, 3.63) is 29.3 Å². The van der Waals surface area contributed by atoms with Gasteiger partial charge in [-0.2, -0.15) is 0 Å². The lowest BCUT2D eigenvalue weighted by Crippen LogP contribution is -2.12. The molecule has 0 heterocycles. The van der Waals surface area contributed by atoms with Gasteiger partial charge >= 0.3 is 0 Å². The van der Waals surface area contributed by atoms with E-state index in [-0.39, 0.29) is 6.04 Å². The minimum absolute atomic E-state index is 0.162. The molecule has 0 aliphatic carbocycles. The quantitative estimate of drug-likeness (QED) is 0.779. The first-order valence-corrected chi connectivity index (χ1v) is 6.74. The highest BCUT2D eigenvalue weighted by Crippen LogP contribution is 2.25. The lowest BCUT2D eigenvalue weighted by atomic mass is 9.96. The summed E-state index contributed by atoms with van der Waals surface area (Å²) in [6.45, 7) is 7.24. The second kappa shape index (κ2) is 7.33. The number of benzene rings is 1. The summed E-state index contributed by atoms with van der Waals surface area (Å²) in [6.07, 6.45) is 4.22. The molecule has 1 atom stereocenters. The lowest BCUT2D eigenvalue weighted by Gasteiger charge is -2.16. The molecule has 0 aromatic heterocycles. The fourth-order valence-electron chi connectivity index (χ4n) is 2.03. The number of ether oxygens (including phenoxy) is 1. The predicted molar refractivity (Wildman–Crippen MR) is 73.4 cm³/mol. The zero-order valence-corrected chi connectivity index (χ0v) is 11.3. The van der Waals surface area contributed by atoms with Gasteiger partial charge < -0.3 is 10.5 Å². The molecule has 1 aromatic rings. The van der Waals surface area contributed by atoms with E-state index in [1.165, 1.54) is 11.1 Å². The molecular formula is C15H25NO. The Morgan fingerprint density at radius 2 is 1.94 bits per heavy atom. The van der Waals surface area contributed by atoms with Gasteiger partial charge in [-0.25, -0.2) is 0 Å². The zero-order chi connectivity index (χ0) is 12.7. The standard InChI is InChI=1S/C15H25NO/c1-4-7-15(16)14-9-8-13(17-10-5-2)11-12(14)6-3/h8-9,11,15H,4-7,10,16H2,1-3H3. The van der Waals surface area contributed by atoms with Crippen LogP contribution in [0.1, 0.15) is 57.2 Å². The number of hydrogen-bond acceptors (Lipinski definition) is 2. The normalized spacial score (nSPS) is 12.5. The molecule has 0 radical (unpaired) electrons. The Morgan fingerprint density at radius 3 is 2.53 bits per heavy atom. The fourth-order valence-corrected chi connectivity index (χ4v) is 2.03. The van der Waals surface area contributed by atoms with Crippen molar-refractivity contribution in [2.24, 2.45) is 5.73 Å². The van der Waals surface area contributed by atoms with Gasteiger partial charge in [-0.15, -0.1) is 0 Å². The average molecular weight is 235 g/mol. The van der Waals surface area contributed by atoms with Crippen molar-refractivity contribution in [2.45, 2.75) is 52.5 Å². The van der Waals surface area contributed by atoms with Crippen LogP contribution in [0.2, 0.25) is 0 Å². The topological polar surface area (TPSA) is 35.2 Å². The molecule has 2 nitrogen and oxygen atoms in total. The molecule has 96 valence electrons. The van der Waals surface area contributed by atoms with E-state index >= 15 is 0 Å². The molecule has 0 bridgehead atoms. The minimum atomic E-state index is 0.162. The Morgan fingerprint density at radius 1 is 1.18 bits per heavy atom.